The van der Waals surface area contributed by atoms with Crippen molar-refractivity contribution in [3.63, 3.8) is 0 Å². The van der Waals surface area contributed by atoms with Gasteiger partial charge in [0.25, 0.3) is 0 Å². The minimum atomic E-state index is -0.122. The lowest BCUT2D eigenvalue weighted by molar-refractivity contribution is 0.710. The van der Waals surface area contributed by atoms with Crippen molar-refractivity contribution < 1.29 is 0 Å². The van der Waals surface area contributed by atoms with Crippen LogP contribution in [0.4, 0.5) is 0 Å². The molecule has 0 saturated carbocycles. The number of imidazole rings is 1. The molecule has 7 aromatic rings. The third-order valence-electron chi connectivity index (χ3n) is 10.0. The number of allylic oxidation sites excluding steroid dienone is 5. The van der Waals surface area contributed by atoms with Gasteiger partial charge < -0.3 is 0 Å². The highest BCUT2D eigenvalue weighted by Gasteiger charge is 2.32. The molecule has 1 heterocycles. The monoisotopic (exact) mass is 598 g/mol. The fourth-order valence-corrected chi connectivity index (χ4v) is 7.99. The van der Waals surface area contributed by atoms with E-state index in [0.717, 1.165) is 22.5 Å². The van der Waals surface area contributed by atoms with E-state index < -0.39 is 0 Å². The summed E-state index contributed by atoms with van der Waals surface area (Å²) in [6, 6.07) is 44.5. The smallest absolute Gasteiger partial charge is 0.0994 e. The molecule has 5 heteroatoms. The van der Waals surface area contributed by atoms with Crippen LogP contribution in [-0.4, -0.2) is 33.1 Å². The summed E-state index contributed by atoms with van der Waals surface area (Å²) in [6.45, 7) is 0. The van der Waals surface area contributed by atoms with Crippen molar-refractivity contribution in [1.29, 1.82) is 0 Å². The molecule has 0 N–H and O–H groups in total. The second kappa shape index (κ2) is 10.6. The van der Waals surface area contributed by atoms with E-state index in [1.54, 1.807) is 0 Å². The maximum Gasteiger partial charge on any atom is 0.0994 e. The van der Waals surface area contributed by atoms with E-state index in [1.165, 1.54) is 54.9 Å². The van der Waals surface area contributed by atoms with Crippen molar-refractivity contribution in [2.45, 2.75) is 11.0 Å². The minimum absolute atomic E-state index is 0.122. The predicted octanol–water partition coefficient (Wildman–Crippen LogP) is 7.39. The van der Waals surface area contributed by atoms with Crippen LogP contribution in [0.1, 0.15) is 28.4 Å². The van der Waals surface area contributed by atoms with Gasteiger partial charge in [-0.15, -0.1) is 0 Å². The zero-order valence-corrected chi connectivity index (χ0v) is 27.0. The number of nitrogens with zero attached hydrogens (tertiary/aromatic N) is 2. The van der Waals surface area contributed by atoms with E-state index in [9.17, 15) is 0 Å². The van der Waals surface area contributed by atoms with Gasteiger partial charge in [0.15, 0.2) is 0 Å². The molecule has 1 aromatic heterocycles. The van der Waals surface area contributed by atoms with Crippen molar-refractivity contribution >= 4 is 67.8 Å². The summed E-state index contributed by atoms with van der Waals surface area (Å²) in [5.41, 5.74) is 11.2. The van der Waals surface area contributed by atoms with Crippen LogP contribution in [-0.2, 0) is 5.11 Å². The SMILES string of the molecule is BC(B)(B)c1nc2ccccc2n1-c1cccc(-c2c3ccccc3c(C3=Cc4ccccc4C4C=CC=CC34)c3ccccc23)c1. The Kier molecular flexibility index (Phi) is 6.33. The van der Waals surface area contributed by atoms with E-state index >= 15 is 0 Å². The van der Waals surface area contributed by atoms with Crippen molar-refractivity contribution in [2.75, 3.05) is 0 Å². The van der Waals surface area contributed by atoms with Crippen LogP contribution in [0.3, 0.4) is 0 Å². The number of fused-ring (bicyclic) bond motifs is 6. The van der Waals surface area contributed by atoms with Gasteiger partial charge in [0, 0.05) is 17.5 Å². The number of aromatic nitrogens is 2. The van der Waals surface area contributed by atoms with Gasteiger partial charge >= 0.3 is 0 Å². The van der Waals surface area contributed by atoms with E-state index in [4.69, 9.17) is 4.98 Å². The summed E-state index contributed by atoms with van der Waals surface area (Å²) in [6.07, 6.45) is 11.7. The molecule has 0 bridgehead atoms. The molecule has 2 atom stereocenters. The first-order valence-electron chi connectivity index (χ1n) is 16.7. The molecule has 220 valence electrons. The van der Waals surface area contributed by atoms with Crippen LogP contribution in [0.5, 0.6) is 0 Å². The van der Waals surface area contributed by atoms with Gasteiger partial charge in [0.2, 0.25) is 0 Å². The summed E-state index contributed by atoms with van der Waals surface area (Å²) in [5, 5.41) is 5.01. The number of rotatable bonds is 4. The minimum Gasteiger partial charge on any atom is -0.298 e. The Morgan fingerprint density at radius 2 is 1.21 bits per heavy atom. The van der Waals surface area contributed by atoms with E-state index in [2.05, 4.69) is 180 Å². The Labute approximate surface area is 278 Å². The lowest BCUT2D eigenvalue weighted by Gasteiger charge is -2.34. The largest absolute Gasteiger partial charge is 0.298 e. The number of hydrogen-bond donors (Lipinski definition) is 0. The van der Waals surface area contributed by atoms with Crippen molar-refractivity contribution in [1.82, 2.24) is 9.55 Å². The van der Waals surface area contributed by atoms with Crippen LogP contribution in [0.25, 0.3) is 61.0 Å². The topological polar surface area (TPSA) is 17.8 Å². The first-order valence-corrected chi connectivity index (χ1v) is 16.7. The average Bonchev–Trinajstić information content (AvgIpc) is 3.51. The van der Waals surface area contributed by atoms with Gasteiger partial charge in [-0.05, 0) is 79.2 Å². The number of hydrogen-bond acceptors (Lipinski definition) is 1. The Bertz CT molecular complexity index is 2420. The van der Waals surface area contributed by atoms with Gasteiger partial charge in [-0.25, -0.2) is 4.98 Å². The zero-order valence-electron chi connectivity index (χ0n) is 27.0. The number of para-hydroxylation sites is 2. The fourth-order valence-electron chi connectivity index (χ4n) is 7.99. The third kappa shape index (κ3) is 4.41. The first kappa shape index (κ1) is 28.0. The Morgan fingerprint density at radius 1 is 0.596 bits per heavy atom. The summed E-state index contributed by atoms with van der Waals surface area (Å²) in [7, 11) is 6.73. The number of benzene rings is 6. The average molecular weight is 598 g/mol. The van der Waals surface area contributed by atoms with Gasteiger partial charge in [-0.3, -0.25) is 4.57 Å². The molecule has 0 fully saturated rings. The standard InChI is InChI=1S/C42H33B3N2/c43-42(44,45)41-46-37-22-9-10-23-38(37)47(41)28-14-11-13-27(24-28)39-32-18-5-7-20-34(32)40(35-21-8-6-19-33(35)39)36-25-26-12-1-2-15-29(26)30-16-3-4-17-31(30)36/h1-25,30-31H,43-45H2. The predicted molar refractivity (Wildman–Crippen MR) is 208 cm³/mol. The molecule has 2 aliphatic rings. The van der Waals surface area contributed by atoms with Crippen molar-refractivity contribution in [3.8, 4) is 16.8 Å². The van der Waals surface area contributed by atoms with Gasteiger partial charge in [-0.1, -0.05) is 133 Å². The van der Waals surface area contributed by atoms with Gasteiger partial charge in [0.05, 0.1) is 40.4 Å². The summed E-state index contributed by atoms with van der Waals surface area (Å²) >= 11 is 0. The van der Waals surface area contributed by atoms with Gasteiger partial charge in [0.1, 0.15) is 0 Å². The van der Waals surface area contributed by atoms with E-state index in [0.29, 0.717) is 5.92 Å². The molecule has 0 spiro atoms. The molecular formula is C42H33B3N2. The molecule has 0 saturated heterocycles. The highest BCUT2D eigenvalue weighted by Crippen LogP contribution is 2.50. The molecule has 2 aliphatic carbocycles. The van der Waals surface area contributed by atoms with E-state index in [1.807, 2.05) is 0 Å². The van der Waals surface area contributed by atoms with E-state index in [-0.39, 0.29) is 11.0 Å². The molecule has 2 nitrogen and oxygen atoms in total. The molecule has 6 aromatic carbocycles. The maximum absolute atomic E-state index is 5.12. The van der Waals surface area contributed by atoms with Crippen LogP contribution < -0.4 is 0 Å². The highest BCUT2D eigenvalue weighted by atomic mass is 15.1. The van der Waals surface area contributed by atoms with Crippen LogP contribution in [0.15, 0.2) is 146 Å². The maximum atomic E-state index is 5.12. The molecule has 2 unspecified atom stereocenters. The van der Waals surface area contributed by atoms with Crippen LogP contribution in [0, 0.1) is 5.92 Å². The normalized spacial score (nSPS) is 17.1. The summed E-state index contributed by atoms with van der Waals surface area (Å²) in [4.78, 5) is 5.12. The molecule has 9 rings (SSSR count). The highest BCUT2D eigenvalue weighted by molar-refractivity contribution is 6.58. The second-order valence-corrected chi connectivity index (χ2v) is 14.0. The summed E-state index contributed by atoms with van der Waals surface area (Å²) in [5.74, 6) is 1.67. The second-order valence-electron chi connectivity index (χ2n) is 14.0. The molecule has 47 heavy (non-hydrogen) atoms. The molecule has 0 radical (unpaired) electrons. The fraction of sp³-hybridized carbons (Fsp3) is 0.0714. The molecule has 0 aliphatic heterocycles. The third-order valence-corrected chi connectivity index (χ3v) is 10.0. The quantitative estimate of drug-likeness (QED) is 0.153. The Balaban J connectivity index is 1.32. The first-order chi connectivity index (χ1) is 23.0. The van der Waals surface area contributed by atoms with Crippen molar-refractivity contribution in [2.24, 2.45) is 5.92 Å². The Morgan fingerprint density at radius 3 is 1.94 bits per heavy atom. The Hall–Kier alpha value is -5.28. The van der Waals surface area contributed by atoms with Crippen molar-refractivity contribution in [3.05, 3.63) is 168 Å². The van der Waals surface area contributed by atoms with Crippen LogP contribution >= 0.6 is 0 Å². The zero-order chi connectivity index (χ0) is 31.7. The lowest BCUT2D eigenvalue weighted by atomic mass is 9.42. The van der Waals surface area contributed by atoms with Crippen LogP contribution in [0.2, 0.25) is 0 Å². The molecule has 0 amide bonds. The van der Waals surface area contributed by atoms with Gasteiger partial charge in [-0.2, -0.15) is 0 Å². The lowest BCUT2D eigenvalue weighted by Crippen LogP contribution is -2.31. The molecular weight excluding hydrogens is 565 g/mol. The summed E-state index contributed by atoms with van der Waals surface area (Å²) < 4.78 is 2.35.